The van der Waals surface area contributed by atoms with Crippen LogP contribution in [0.1, 0.15) is 19.4 Å². The van der Waals surface area contributed by atoms with Crippen LogP contribution in [0.3, 0.4) is 0 Å². The van der Waals surface area contributed by atoms with Crippen LogP contribution in [0.2, 0.25) is 5.02 Å². The molecule has 0 saturated heterocycles. The molecule has 0 aliphatic heterocycles. The third-order valence-electron chi connectivity index (χ3n) is 3.82. The Balaban J connectivity index is 2.23. The Morgan fingerprint density at radius 2 is 1.83 bits per heavy atom. The summed E-state index contributed by atoms with van der Waals surface area (Å²) in [6.07, 6.45) is 0.479. The highest BCUT2D eigenvalue weighted by atomic mass is 35.5. The minimum absolute atomic E-state index is 0.0832. The van der Waals surface area contributed by atoms with E-state index in [1.54, 1.807) is 6.92 Å². The molecule has 2 aromatic carbocycles. The van der Waals surface area contributed by atoms with Crippen molar-refractivity contribution >= 4 is 34.4 Å². The fourth-order valence-electron chi connectivity index (χ4n) is 2.46. The molecular formula is C19H19ClO3S. The van der Waals surface area contributed by atoms with Crippen LogP contribution < -0.4 is 0 Å². The van der Waals surface area contributed by atoms with E-state index in [4.69, 9.17) is 11.6 Å². The van der Waals surface area contributed by atoms with Crippen LogP contribution in [0.15, 0.2) is 48.5 Å². The minimum atomic E-state index is -0.902. The Morgan fingerprint density at radius 1 is 1.17 bits per heavy atom. The third kappa shape index (κ3) is 4.86. The molecule has 0 spiro atoms. The normalized spacial score (nSPS) is 13.3. The largest absolute Gasteiger partial charge is 0.481 e. The smallest absolute Gasteiger partial charge is 0.307 e. The van der Waals surface area contributed by atoms with Crippen molar-refractivity contribution in [3.05, 3.63) is 59.1 Å². The van der Waals surface area contributed by atoms with Gasteiger partial charge in [0.25, 0.3) is 0 Å². The topological polar surface area (TPSA) is 54.4 Å². The first-order valence-electron chi connectivity index (χ1n) is 7.62. The van der Waals surface area contributed by atoms with E-state index in [2.05, 4.69) is 0 Å². The quantitative estimate of drug-likeness (QED) is 0.792. The minimum Gasteiger partial charge on any atom is -0.481 e. The van der Waals surface area contributed by atoms with Gasteiger partial charge in [-0.1, -0.05) is 72.8 Å². The molecule has 1 N–H and O–H groups in total. The Hall–Kier alpha value is -1.78. The second-order valence-corrected chi connectivity index (χ2v) is 7.48. The summed E-state index contributed by atoms with van der Waals surface area (Å²) in [7, 11) is 0. The molecule has 0 radical (unpaired) electrons. The number of benzene rings is 2. The van der Waals surface area contributed by atoms with Gasteiger partial charge in [0.05, 0.1) is 5.92 Å². The predicted molar refractivity (Wildman–Crippen MR) is 99.5 cm³/mol. The highest BCUT2D eigenvalue weighted by Gasteiger charge is 2.26. The number of carboxylic acid groups (broad SMARTS) is 1. The van der Waals surface area contributed by atoms with Crippen LogP contribution in [0.25, 0.3) is 11.1 Å². The van der Waals surface area contributed by atoms with Crippen LogP contribution in [0.4, 0.5) is 0 Å². The molecular weight excluding hydrogens is 344 g/mol. The first kappa shape index (κ1) is 18.6. The van der Waals surface area contributed by atoms with Crippen LogP contribution in [-0.4, -0.2) is 21.4 Å². The van der Waals surface area contributed by atoms with Crippen molar-refractivity contribution in [2.75, 3.05) is 0 Å². The van der Waals surface area contributed by atoms with Crippen molar-refractivity contribution in [3.8, 4) is 11.1 Å². The molecule has 0 amide bonds. The average Bonchev–Trinajstić information content (AvgIpc) is 2.54. The third-order valence-corrected chi connectivity index (χ3v) is 5.34. The molecule has 3 nitrogen and oxygen atoms in total. The lowest BCUT2D eigenvalue weighted by molar-refractivity contribution is -0.141. The summed E-state index contributed by atoms with van der Waals surface area (Å²) < 4.78 is 0. The number of carbonyl (C=O) groups excluding carboxylic acids is 1. The molecule has 0 fully saturated rings. The summed E-state index contributed by atoms with van der Waals surface area (Å²) in [6.45, 7) is 3.08. The highest BCUT2D eigenvalue weighted by Crippen LogP contribution is 2.31. The van der Waals surface area contributed by atoms with Crippen LogP contribution in [0.5, 0.6) is 0 Å². The molecule has 2 aromatic rings. The molecule has 126 valence electrons. The van der Waals surface area contributed by atoms with Crippen molar-refractivity contribution in [1.29, 1.82) is 0 Å². The number of carbonyl (C=O) groups is 2. The van der Waals surface area contributed by atoms with Gasteiger partial charge in [-0.05, 0) is 23.6 Å². The van der Waals surface area contributed by atoms with E-state index >= 15 is 0 Å². The molecule has 2 rings (SSSR count). The number of carboxylic acids is 1. The zero-order chi connectivity index (χ0) is 17.7. The number of hydrogen-bond acceptors (Lipinski definition) is 3. The van der Waals surface area contributed by atoms with Crippen molar-refractivity contribution in [1.82, 2.24) is 0 Å². The standard InChI is InChI=1S/C19H19ClO3S/c1-12(19(22)23)18(24-13(2)21)11-14-8-9-16(17(20)10-14)15-6-4-3-5-7-15/h3-10,12,18H,11H2,1-2H3,(H,22,23). The van der Waals surface area contributed by atoms with Gasteiger partial charge in [0.1, 0.15) is 0 Å². The first-order valence-corrected chi connectivity index (χ1v) is 8.88. The molecule has 0 heterocycles. The maximum absolute atomic E-state index is 11.4. The van der Waals surface area contributed by atoms with Gasteiger partial charge in [-0.25, -0.2) is 0 Å². The van der Waals surface area contributed by atoms with E-state index in [1.165, 1.54) is 6.92 Å². The van der Waals surface area contributed by atoms with Crippen LogP contribution in [0, 0.1) is 5.92 Å². The van der Waals surface area contributed by atoms with Gasteiger partial charge < -0.3 is 5.11 Å². The van der Waals surface area contributed by atoms with E-state index in [0.29, 0.717) is 11.4 Å². The average molecular weight is 363 g/mol. The Bertz CT molecular complexity index is 731. The molecule has 0 bridgehead atoms. The summed E-state index contributed by atoms with van der Waals surface area (Å²) in [4.78, 5) is 22.7. The second kappa shape index (κ2) is 8.36. The SMILES string of the molecule is CC(=O)SC(Cc1ccc(-c2ccccc2)c(Cl)c1)C(C)C(=O)O. The molecule has 0 saturated carbocycles. The molecule has 5 heteroatoms. The summed E-state index contributed by atoms with van der Waals surface area (Å²) in [5.41, 5.74) is 2.89. The van der Waals surface area contributed by atoms with Gasteiger partial charge in [-0.15, -0.1) is 0 Å². The van der Waals surface area contributed by atoms with E-state index in [-0.39, 0.29) is 10.4 Å². The second-order valence-electron chi connectivity index (χ2n) is 5.66. The van der Waals surface area contributed by atoms with Gasteiger partial charge in [0.15, 0.2) is 5.12 Å². The molecule has 0 aliphatic rings. The summed E-state index contributed by atoms with van der Waals surface area (Å²) in [5, 5.41) is 9.45. The monoisotopic (exact) mass is 362 g/mol. The number of rotatable bonds is 6. The Kier molecular flexibility index (Phi) is 6.46. The molecule has 2 unspecified atom stereocenters. The Morgan fingerprint density at radius 3 is 2.38 bits per heavy atom. The van der Waals surface area contributed by atoms with Crippen molar-refractivity contribution in [2.24, 2.45) is 5.92 Å². The fourth-order valence-corrected chi connectivity index (χ4v) is 3.80. The van der Waals surface area contributed by atoms with Gasteiger partial charge >= 0.3 is 5.97 Å². The highest BCUT2D eigenvalue weighted by molar-refractivity contribution is 8.14. The number of halogens is 1. The molecule has 0 aromatic heterocycles. The van der Waals surface area contributed by atoms with Gasteiger partial charge in [-0.2, -0.15) is 0 Å². The summed E-state index contributed by atoms with van der Waals surface area (Å²) in [5.74, 6) is -1.52. The maximum atomic E-state index is 11.4. The molecule has 24 heavy (non-hydrogen) atoms. The maximum Gasteiger partial charge on any atom is 0.307 e. The zero-order valence-electron chi connectivity index (χ0n) is 13.5. The molecule has 2 atom stereocenters. The molecule has 0 aliphatic carbocycles. The van der Waals surface area contributed by atoms with E-state index in [9.17, 15) is 14.7 Å². The number of hydrogen-bond donors (Lipinski definition) is 1. The zero-order valence-corrected chi connectivity index (χ0v) is 15.1. The first-order chi connectivity index (χ1) is 11.4. The van der Waals surface area contributed by atoms with E-state index in [0.717, 1.165) is 28.5 Å². The van der Waals surface area contributed by atoms with Gasteiger partial charge in [-0.3, -0.25) is 9.59 Å². The van der Waals surface area contributed by atoms with Crippen molar-refractivity contribution in [2.45, 2.75) is 25.5 Å². The lowest BCUT2D eigenvalue weighted by Gasteiger charge is -2.19. The van der Waals surface area contributed by atoms with Gasteiger partial charge in [0, 0.05) is 22.8 Å². The number of thioether (sulfide) groups is 1. The summed E-state index contributed by atoms with van der Waals surface area (Å²) >= 11 is 7.48. The van der Waals surface area contributed by atoms with E-state index in [1.807, 2.05) is 48.5 Å². The van der Waals surface area contributed by atoms with E-state index < -0.39 is 11.9 Å². The fraction of sp³-hybridized carbons (Fsp3) is 0.263. The lowest BCUT2D eigenvalue weighted by Crippen LogP contribution is -2.26. The predicted octanol–water partition coefficient (Wildman–Crippen LogP) is 4.92. The van der Waals surface area contributed by atoms with Crippen molar-refractivity contribution in [3.63, 3.8) is 0 Å². The van der Waals surface area contributed by atoms with Crippen LogP contribution >= 0.6 is 23.4 Å². The lowest BCUT2D eigenvalue weighted by atomic mass is 9.98. The van der Waals surface area contributed by atoms with Crippen molar-refractivity contribution < 1.29 is 14.7 Å². The summed E-state index contributed by atoms with van der Waals surface area (Å²) in [6, 6.07) is 15.6. The number of aliphatic carboxylic acids is 1. The van der Waals surface area contributed by atoms with Crippen LogP contribution in [-0.2, 0) is 16.0 Å². The Labute approximate surface area is 151 Å². The van der Waals surface area contributed by atoms with Gasteiger partial charge in [0.2, 0.25) is 0 Å².